The van der Waals surface area contributed by atoms with Gasteiger partial charge in [0.15, 0.2) is 5.78 Å². The fourth-order valence-corrected chi connectivity index (χ4v) is 12.4. The van der Waals surface area contributed by atoms with E-state index in [1.54, 1.807) is 6.92 Å². The van der Waals surface area contributed by atoms with Crippen LogP contribution in [0, 0.1) is 56.7 Å². The zero-order chi connectivity index (χ0) is 26.1. The monoisotopic (exact) mass is 498 g/mol. The van der Waals surface area contributed by atoms with E-state index < -0.39 is 5.60 Å². The Morgan fingerprint density at radius 2 is 1.61 bits per heavy atom. The molecule has 0 radical (unpaired) electrons. The van der Waals surface area contributed by atoms with E-state index in [1.807, 2.05) is 0 Å². The molecule has 2 heterocycles. The van der Waals surface area contributed by atoms with Crippen LogP contribution in [-0.2, 0) is 19.1 Å². The molecule has 4 heteroatoms. The van der Waals surface area contributed by atoms with Gasteiger partial charge in [-0.1, -0.05) is 41.5 Å². The van der Waals surface area contributed by atoms with Gasteiger partial charge in [-0.05, 0) is 104 Å². The van der Waals surface area contributed by atoms with E-state index in [0.717, 1.165) is 25.9 Å². The van der Waals surface area contributed by atoms with E-state index in [2.05, 4.69) is 48.5 Å². The molecule has 0 aromatic rings. The highest BCUT2D eigenvalue weighted by Crippen LogP contribution is 2.77. The summed E-state index contributed by atoms with van der Waals surface area (Å²) in [6.45, 7) is 19.5. The summed E-state index contributed by atoms with van der Waals surface area (Å²) in [5.41, 5.74) is 0.422. The van der Waals surface area contributed by atoms with Gasteiger partial charge in [0.05, 0.1) is 6.61 Å². The van der Waals surface area contributed by atoms with Crippen molar-refractivity contribution in [3.05, 3.63) is 0 Å². The number of esters is 1. The predicted molar refractivity (Wildman–Crippen MR) is 140 cm³/mol. The highest BCUT2D eigenvalue weighted by molar-refractivity contribution is 5.89. The van der Waals surface area contributed by atoms with Gasteiger partial charge in [0, 0.05) is 24.2 Å². The maximum absolute atomic E-state index is 13.2. The van der Waals surface area contributed by atoms with Crippen molar-refractivity contribution in [3.63, 3.8) is 0 Å². The smallest absolute Gasteiger partial charge is 0.302 e. The molecule has 0 aromatic carbocycles. The van der Waals surface area contributed by atoms with Crippen molar-refractivity contribution in [1.29, 1.82) is 0 Å². The quantitative estimate of drug-likeness (QED) is 0.366. The van der Waals surface area contributed by atoms with Crippen LogP contribution in [0.15, 0.2) is 0 Å². The number of carbonyl (C=O) groups is 2. The Bertz CT molecular complexity index is 987. The van der Waals surface area contributed by atoms with Crippen molar-refractivity contribution < 1.29 is 19.1 Å². The van der Waals surface area contributed by atoms with Gasteiger partial charge in [-0.2, -0.15) is 0 Å². The molecule has 36 heavy (non-hydrogen) atoms. The van der Waals surface area contributed by atoms with Gasteiger partial charge in [-0.25, -0.2) is 0 Å². The third-order valence-electron chi connectivity index (χ3n) is 14.6. The number of carbonyl (C=O) groups excluding carboxylic acids is 2. The number of hydrogen-bond donors (Lipinski definition) is 0. The summed E-state index contributed by atoms with van der Waals surface area (Å²) >= 11 is 0. The molecule has 0 unspecified atom stereocenters. The summed E-state index contributed by atoms with van der Waals surface area (Å²) in [5, 5.41) is 0. The topological polar surface area (TPSA) is 52.6 Å². The Morgan fingerprint density at radius 1 is 0.889 bits per heavy atom. The molecular weight excluding hydrogens is 448 g/mol. The molecule has 2 saturated heterocycles. The molecule has 5 aliphatic carbocycles. The van der Waals surface area contributed by atoms with Gasteiger partial charge >= 0.3 is 5.97 Å². The Balaban J connectivity index is 1.36. The fraction of sp³-hybridized carbons (Fsp3) is 0.938. The average Bonchev–Trinajstić information content (AvgIpc) is 2.78. The Labute approximate surface area is 219 Å². The third kappa shape index (κ3) is 2.81. The van der Waals surface area contributed by atoms with Gasteiger partial charge < -0.3 is 9.47 Å². The number of hydrogen-bond acceptors (Lipinski definition) is 4. The maximum atomic E-state index is 13.2. The fourth-order valence-electron chi connectivity index (χ4n) is 12.4. The number of Topliss-reactive ketones (excluding diaryl/α,β-unsaturated/α-hetero) is 1. The third-order valence-corrected chi connectivity index (χ3v) is 14.6. The first kappa shape index (κ1) is 25.4. The van der Waals surface area contributed by atoms with Crippen molar-refractivity contribution in [2.75, 3.05) is 6.61 Å². The van der Waals surface area contributed by atoms with Crippen LogP contribution in [0.5, 0.6) is 0 Å². The lowest BCUT2D eigenvalue weighted by Crippen LogP contribution is -2.72. The minimum absolute atomic E-state index is 0.0116. The van der Waals surface area contributed by atoms with Crippen molar-refractivity contribution in [3.8, 4) is 0 Å². The van der Waals surface area contributed by atoms with Crippen molar-refractivity contribution in [1.82, 2.24) is 0 Å². The highest BCUT2D eigenvalue weighted by Gasteiger charge is 2.73. The molecule has 0 aromatic heterocycles. The summed E-state index contributed by atoms with van der Waals surface area (Å²) in [5.74, 6) is 3.13. The van der Waals surface area contributed by atoms with Crippen molar-refractivity contribution in [2.45, 2.75) is 125 Å². The average molecular weight is 499 g/mol. The largest absolute Gasteiger partial charge is 0.462 e. The van der Waals surface area contributed by atoms with Crippen LogP contribution in [0.3, 0.4) is 0 Å². The SMILES string of the molecule is CC(=O)O[C@H]1CC[C@@]2(C)[C@H]3CC[C@H]4[C@H]5[C@@H](C)[C@@]6(C)OC[C@]5(CC[C@@]4(C)[C@@]3(C)CC[C@H]2C1(C)C)CC6=O. The van der Waals surface area contributed by atoms with Crippen LogP contribution in [0.4, 0.5) is 0 Å². The second kappa shape index (κ2) is 7.39. The first-order valence-electron chi connectivity index (χ1n) is 15.0. The van der Waals surface area contributed by atoms with Crippen molar-refractivity contribution >= 4 is 11.8 Å². The zero-order valence-corrected chi connectivity index (χ0v) is 24.2. The summed E-state index contributed by atoms with van der Waals surface area (Å²) in [4.78, 5) is 25.1. The molecule has 7 fully saturated rings. The lowest BCUT2D eigenvalue weighted by molar-refractivity contribution is -0.294. The maximum Gasteiger partial charge on any atom is 0.302 e. The Hall–Kier alpha value is -0.900. The molecule has 11 atom stereocenters. The minimum Gasteiger partial charge on any atom is -0.462 e. The molecule has 0 N–H and O–H groups in total. The van der Waals surface area contributed by atoms with Crippen LogP contribution in [0.1, 0.15) is 113 Å². The number of ether oxygens (including phenoxy) is 2. The van der Waals surface area contributed by atoms with Crippen molar-refractivity contribution in [2.24, 2.45) is 56.7 Å². The summed E-state index contributed by atoms with van der Waals surface area (Å²) in [7, 11) is 0. The van der Waals surface area contributed by atoms with Gasteiger partial charge in [0.1, 0.15) is 11.7 Å². The van der Waals surface area contributed by atoms with E-state index in [-0.39, 0.29) is 22.9 Å². The molecule has 5 saturated carbocycles. The van der Waals surface area contributed by atoms with Crippen LogP contribution in [-0.4, -0.2) is 30.1 Å². The first-order valence-corrected chi connectivity index (χ1v) is 15.0. The summed E-state index contributed by atoms with van der Waals surface area (Å²) in [6, 6.07) is 0. The van der Waals surface area contributed by atoms with E-state index >= 15 is 0 Å². The minimum atomic E-state index is -0.578. The van der Waals surface area contributed by atoms with Crippen LogP contribution in [0.25, 0.3) is 0 Å². The molecule has 4 nitrogen and oxygen atoms in total. The molecular formula is C32H50O4. The standard InChI is InChI=1S/C32H50O4/c1-19-26-21-9-10-23-28(5)13-12-25(36-20(2)33)27(3,4)22(28)11-14-30(23,7)29(21,6)15-16-32(26)17-24(34)31(19,8)35-18-32/h19,21-23,25-26H,9-18H2,1-8H3/t19-,21+,22+,23-,25+,26-,28-,29-,30+,31-,32+/m1/s1. The second-order valence-corrected chi connectivity index (χ2v) is 15.8. The van der Waals surface area contributed by atoms with Gasteiger partial charge in [-0.15, -0.1) is 0 Å². The zero-order valence-electron chi connectivity index (χ0n) is 24.2. The highest BCUT2D eigenvalue weighted by atomic mass is 16.5. The Morgan fingerprint density at radius 3 is 2.28 bits per heavy atom. The molecule has 1 spiro atoms. The number of ketones is 1. The van der Waals surface area contributed by atoms with Crippen LogP contribution < -0.4 is 0 Å². The van der Waals surface area contributed by atoms with Gasteiger partial charge in [0.25, 0.3) is 0 Å². The van der Waals surface area contributed by atoms with E-state index in [4.69, 9.17) is 9.47 Å². The lowest BCUT2D eigenvalue weighted by Gasteiger charge is -2.75. The molecule has 7 aliphatic rings. The summed E-state index contributed by atoms with van der Waals surface area (Å²) in [6.07, 6.45) is 10.5. The van der Waals surface area contributed by atoms with Gasteiger partial charge in [0.2, 0.25) is 0 Å². The molecule has 2 bridgehead atoms. The number of rotatable bonds is 1. The van der Waals surface area contributed by atoms with Crippen LogP contribution >= 0.6 is 0 Å². The second-order valence-electron chi connectivity index (χ2n) is 15.8. The molecule has 7 rings (SSSR count). The first-order chi connectivity index (χ1) is 16.7. The molecule has 2 aliphatic heterocycles. The number of fused-ring (bicyclic) bond motifs is 7. The lowest BCUT2D eigenvalue weighted by atomic mass is 9.30. The van der Waals surface area contributed by atoms with Gasteiger partial charge in [-0.3, -0.25) is 9.59 Å². The predicted octanol–water partition coefficient (Wildman–Crippen LogP) is 6.99. The molecule has 0 amide bonds. The van der Waals surface area contributed by atoms with E-state index in [9.17, 15) is 9.59 Å². The molecule has 202 valence electrons. The van der Waals surface area contributed by atoms with E-state index in [0.29, 0.717) is 51.6 Å². The van der Waals surface area contributed by atoms with Crippen LogP contribution in [0.2, 0.25) is 0 Å². The normalized spacial score (nSPS) is 57.2. The van der Waals surface area contributed by atoms with E-state index in [1.165, 1.54) is 38.5 Å². The Kier molecular flexibility index (Phi) is 5.21. The summed E-state index contributed by atoms with van der Waals surface area (Å²) < 4.78 is 12.3.